The topological polar surface area (TPSA) is 22.1 Å². The average Bonchev–Trinajstić information content (AvgIpc) is 2.28. The fraction of sp³-hybridized carbons (Fsp3) is 0.250. The maximum absolute atomic E-state index is 5.35. The lowest BCUT2D eigenvalue weighted by Crippen LogP contribution is -1.91. The highest BCUT2D eigenvalue weighted by Crippen LogP contribution is 2.29. The van der Waals surface area contributed by atoms with Gasteiger partial charge in [-0.2, -0.15) is 0 Å². The van der Waals surface area contributed by atoms with Gasteiger partial charge in [-0.1, -0.05) is 6.92 Å². The predicted octanol–water partition coefficient (Wildman–Crippen LogP) is 3.57. The maximum atomic E-state index is 5.35. The minimum atomic E-state index is 0.886. The second-order valence-corrected chi connectivity index (χ2v) is 4.09. The Morgan fingerprint density at radius 3 is 2.87 bits per heavy atom. The minimum Gasteiger partial charge on any atom is -0.496 e. The third-order valence-electron chi connectivity index (χ3n) is 2.50. The summed E-state index contributed by atoms with van der Waals surface area (Å²) in [5.74, 6) is 0.947. The molecule has 0 N–H and O–H groups in total. The molecule has 1 aromatic heterocycles. The number of methoxy groups -OCH3 is 1. The lowest BCUT2D eigenvalue weighted by atomic mass is 10.1. The van der Waals surface area contributed by atoms with E-state index in [0.29, 0.717) is 0 Å². The molecule has 15 heavy (non-hydrogen) atoms. The molecule has 0 unspecified atom stereocenters. The van der Waals surface area contributed by atoms with E-state index in [1.54, 1.807) is 13.3 Å². The van der Waals surface area contributed by atoms with E-state index in [1.165, 1.54) is 5.56 Å². The zero-order valence-corrected chi connectivity index (χ0v) is 10.3. The number of rotatable bonds is 2. The molecule has 2 nitrogen and oxygen atoms in total. The van der Waals surface area contributed by atoms with Gasteiger partial charge in [-0.3, -0.25) is 0 Å². The molecule has 0 aliphatic heterocycles. The number of aromatic nitrogens is 1. The Kier molecular flexibility index (Phi) is 2.91. The van der Waals surface area contributed by atoms with Gasteiger partial charge in [-0.05, 0) is 51.5 Å². The number of hydrogen-bond acceptors (Lipinski definition) is 2. The van der Waals surface area contributed by atoms with E-state index in [-0.39, 0.29) is 0 Å². The zero-order chi connectivity index (χ0) is 10.8. The van der Waals surface area contributed by atoms with Crippen molar-refractivity contribution in [3.05, 3.63) is 34.6 Å². The molecule has 0 aliphatic rings. The van der Waals surface area contributed by atoms with E-state index in [0.717, 1.165) is 27.5 Å². The molecule has 0 saturated carbocycles. The highest BCUT2D eigenvalue weighted by Gasteiger charge is 2.06. The number of aryl methyl sites for hydroxylation is 1. The first-order valence-electron chi connectivity index (χ1n) is 4.87. The van der Waals surface area contributed by atoms with Crippen LogP contribution in [0.25, 0.3) is 10.8 Å². The molecule has 0 aliphatic carbocycles. The molecule has 2 rings (SSSR count). The first-order chi connectivity index (χ1) is 7.26. The van der Waals surface area contributed by atoms with E-state index < -0.39 is 0 Å². The molecule has 0 saturated heterocycles. The third kappa shape index (κ3) is 1.84. The monoisotopic (exact) mass is 265 g/mol. The summed E-state index contributed by atoms with van der Waals surface area (Å²) in [6.45, 7) is 2.12. The van der Waals surface area contributed by atoms with E-state index in [4.69, 9.17) is 4.74 Å². The highest BCUT2D eigenvalue weighted by molar-refractivity contribution is 9.10. The first kappa shape index (κ1) is 10.4. The van der Waals surface area contributed by atoms with Gasteiger partial charge in [0.2, 0.25) is 0 Å². The SMILES string of the molecule is CCc1cc2c(Br)nccc2cc1OC. The Labute approximate surface area is 97.4 Å². The van der Waals surface area contributed by atoms with E-state index in [9.17, 15) is 0 Å². The molecule has 0 spiro atoms. The van der Waals surface area contributed by atoms with E-state index in [2.05, 4.69) is 40.0 Å². The summed E-state index contributed by atoms with van der Waals surface area (Å²) in [5, 5.41) is 2.28. The largest absolute Gasteiger partial charge is 0.496 e. The number of ether oxygens (including phenoxy) is 1. The standard InChI is InChI=1S/C12H12BrNO/c1-3-8-6-10-9(7-11(8)15-2)4-5-14-12(10)13/h4-7H,3H2,1-2H3. The number of benzene rings is 1. The summed E-state index contributed by atoms with van der Waals surface area (Å²) in [7, 11) is 1.70. The zero-order valence-electron chi connectivity index (χ0n) is 8.75. The van der Waals surface area contributed by atoms with Crippen LogP contribution in [0.2, 0.25) is 0 Å². The quantitative estimate of drug-likeness (QED) is 0.775. The van der Waals surface area contributed by atoms with Gasteiger partial charge in [0.25, 0.3) is 0 Å². The summed E-state index contributed by atoms with van der Waals surface area (Å²) in [5.41, 5.74) is 1.21. The van der Waals surface area contributed by atoms with Crippen LogP contribution >= 0.6 is 15.9 Å². The smallest absolute Gasteiger partial charge is 0.122 e. The summed E-state index contributed by atoms with van der Waals surface area (Å²) in [6, 6.07) is 6.17. The van der Waals surface area contributed by atoms with E-state index >= 15 is 0 Å². The molecule has 78 valence electrons. The van der Waals surface area contributed by atoms with Gasteiger partial charge in [0, 0.05) is 11.6 Å². The maximum Gasteiger partial charge on any atom is 0.122 e. The molecule has 2 aromatic rings. The molecule has 1 aromatic carbocycles. The predicted molar refractivity (Wildman–Crippen MR) is 65.4 cm³/mol. The molecule has 0 radical (unpaired) electrons. The molecule has 3 heteroatoms. The minimum absolute atomic E-state index is 0.886. The summed E-state index contributed by atoms with van der Waals surface area (Å²) in [6.07, 6.45) is 2.75. The van der Waals surface area contributed by atoms with Crippen LogP contribution in [0.5, 0.6) is 5.75 Å². The number of fused-ring (bicyclic) bond motifs is 1. The Hall–Kier alpha value is -1.09. The Morgan fingerprint density at radius 1 is 1.40 bits per heavy atom. The van der Waals surface area contributed by atoms with Crippen LogP contribution in [0.3, 0.4) is 0 Å². The van der Waals surface area contributed by atoms with Crippen molar-refractivity contribution in [2.24, 2.45) is 0 Å². The normalized spacial score (nSPS) is 10.6. The van der Waals surface area contributed by atoms with Crippen LogP contribution < -0.4 is 4.74 Å². The van der Waals surface area contributed by atoms with Gasteiger partial charge in [0.15, 0.2) is 0 Å². The van der Waals surface area contributed by atoms with Crippen LogP contribution in [0.4, 0.5) is 0 Å². The van der Waals surface area contributed by atoms with Crippen LogP contribution in [0.1, 0.15) is 12.5 Å². The fourth-order valence-corrected chi connectivity index (χ4v) is 2.14. The number of hydrogen-bond donors (Lipinski definition) is 0. The second kappa shape index (κ2) is 4.19. The van der Waals surface area contributed by atoms with Crippen molar-refractivity contribution in [2.45, 2.75) is 13.3 Å². The van der Waals surface area contributed by atoms with Crippen molar-refractivity contribution in [1.82, 2.24) is 4.98 Å². The summed E-state index contributed by atoms with van der Waals surface area (Å²) in [4.78, 5) is 4.21. The van der Waals surface area contributed by atoms with Gasteiger partial charge in [0.05, 0.1) is 7.11 Å². The molecule has 1 heterocycles. The first-order valence-corrected chi connectivity index (χ1v) is 5.66. The average molecular weight is 266 g/mol. The van der Waals surface area contributed by atoms with Crippen molar-refractivity contribution < 1.29 is 4.74 Å². The fourth-order valence-electron chi connectivity index (χ4n) is 1.68. The van der Waals surface area contributed by atoms with Gasteiger partial charge >= 0.3 is 0 Å². The van der Waals surface area contributed by atoms with Gasteiger partial charge in [0.1, 0.15) is 10.4 Å². The Morgan fingerprint density at radius 2 is 2.20 bits per heavy atom. The summed E-state index contributed by atoms with van der Waals surface area (Å²) < 4.78 is 6.23. The molecular weight excluding hydrogens is 254 g/mol. The van der Waals surface area contributed by atoms with Crippen LogP contribution in [0.15, 0.2) is 29.0 Å². The van der Waals surface area contributed by atoms with Crippen molar-refractivity contribution in [1.29, 1.82) is 0 Å². The number of halogens is 1. The van der Waals surface area contributed by atoms with Crippen molar-refractivity contribution in [3.8, 4) is 5.75 Å². The van der Waals surface area contributed by atoms with Crippen molar-refractivity contribution >= 4 is 26.7 Å². The summed E-state index contributed by atoms with van der Waals surface area (Å²) >= 11 is 3.45. The van der Waals surface area contributed by atoms with Crippen LogP contribution in [-0.2, 0) is 6.42 Å². The Bertz CT molecular complexity index is 496. The molecule has 0 atom stereocenters. The molecular formula is C12H12BrNO. The van der Waals surface area contributed by atoms with Crippen molar-refractivity contribution in [2.75, 3.05) is 7.11 Å². The van der Waals surface area contributed by atoms with Gasteiger partial charge in [-0.15, -0.1) is 0 Å². The van der Waals surface area contributed by atoms with E-state index in [1.807, 2.05) is 6.07 Å². The third-order valence-corrected chi connectivity index (χ3v) is 3.13. The molecule has 0 fully saturated rings. The molecule has 0 amide bonds. The number of nitrogens with zero attached hydrogens (tertiary/aromatic N) is 1. The van der Waals surface area contributed by atoms with Crippen LogP contribution in [0, 0.1) is 0 Å². The van der Waals surface area contributed by atoms with Gasteiger partial charge < -0.3 is 4.74 Å². The van der Waals surface area contributed by atoms with Gasteiger partial charge in [-0.25, -0.2) is 4.98 Å². The van der Waals surface area contributed by atoms with Crippen LogP contribution in [-0.4, -0.2) is 12.1 Å². The lowest BCUT2D eigenvalue weighted by Gasteiger charge is -2.09. The van der Waals surface area contributed by atoms with Crippen molar-refractivity contribution in [3.63, 3.8) is 0 Å². The highest BCUT2D eigenvalue weighted by atomic mass is 79.9. The Balaban J connectivity index is 2.75. The lowest BCUT2D eigenvalue weighted by molar-refractivity contribution is 0.411. The second-order valence-electron chi connectivity index (χ2n) is 3.34. The molecule has 0 bridgehead atoms. The number of pyridine rings is 1.